The fourth-order valence-electron chi connectivity index (χ4n) is 5.91. The molecule has 0 bridgehead atoms. The number of hydrogen-bond acceptors (Lipinski definition) is 10. The Labute approximate surface area is 273 Å². The molecule has 2 aliphatic heterocycles. The summed E-state index contributed by atoms with van der Waals surface area (Å²) in [5.74, 6) is 0.732. The first-order chi connectivity index (χ1) is 23.0. The van der Waals surface area contributed by atoms with Crippen molar-refractivity contribution in [3.8, 4) is 11.3 Å². The summed E-state index contributed by atoms with van der Waals surface area (Å²) in [6.07, 6.45) is 1.25. The molecule has 0 aliphatic carbocycles. The summed E-state index contributed by atoms with van der Waals surface area (Å²) >= 11 is 0. The highest BCUT2D eigenvalue weighted by Crippen LogP contribution is 2.35. The predicted molar refractivity (Wildman–Crippen MR) is 188 cm³/mol. The second-order valence-corrected chi connectivity index (χ2v) is 11.7. The molecule has 12 nitrogen and oxygen atoms in total. The van der Waals surface area contributed by atoms with Gasteiger partial charge in [-0.1, -0.05) is 24.8 Å². The monoisotopic (exact) mass is 630 g/mol. The minimum absolute atomic E-state index is 0.288. The minimum atomic E-state index is -0.288. The molecule has 0 saturated carbocycles. The Balaban J connectivity index is 1.22. The number of morpholine rings is 1. The number of amides is 1. The summed E-state index contributed by atoms with van der Waals surface area (Å²) in [6.45, 7) is 10.8. The number of ether oxygens (including phenoxy) is 1. The van der Waals surface area contributed by atoms with Crippen LogP contribution in [-0.2, 0) is 9.53 Å². The Morgan fingerprint density at radius 2 is 1.57 bits per heavy atom. The van der Waals surface area contributed by atoms with Crippen LogP contribution in [0.5, 0.6) is 0 Å². The number of carbonyl (C=O) groups excluding carboxylic acids is 1. The average Bonchev–Trinajstić information content (AvgIpc) is 3.51. The number of aromatic nitrogens is 4. The molecular formula is C35H38N10O2. The van der Waals surface area contributed by atoms with Gasteiger partial charge in [-0.05, 0) is 67.7 Å². The quantitative estimate of drug-likeness (QED) is 0.161. The SMILES string of the molecule is C=CC(=O)Nc1cccc(-c2nc(Nc3cccc(N4CCN(C)CC4)c3)nc3[nH]nc(Nc4ccc(N5CCOCC5)cc4)c23)c1. The van der Waals surface area contributed by atoms with Crippen LogP contribution in [0.25, 0.3) is 22.3 Å². The Bertz CT molecular complexity index is 1880. The summed E-state index contributed by atoms with van der Waals surface area (Å²) < 4.78 is 5.50. The normalized spacial score (nSPS) is 15.4. The molecule has 4 N–H and O–H groups in total. The number of likely N-dealkylation sites (N-methyl/N-ethyl adjacent to an activating group) is 1. The van der Waals surface area contributed by atoms with Gasteiger partial charge in [0, 0.05) is 73.3 Å². The molecule has 240 valence electrons. The summed E-state index contributed by atoms with van der Waals surface area (Å²) in [6, 6.07) is 24.2. The van der Waals surface area contributed by atoms with Gasteiger partial charge in [0.05, 0.1) is 24.3 Å². The van der Waals surface area contributed by atoms with E-state index < -0.39 is 0 Å². The lowest BCUT2D eigenvalue weighted by molar-refractivity contribution is -0.111. The fourth-order valence-corrected chi connectivity index (χ4v) is 5.91. The van der Waals surface area contributed by atoms with Gasteiger partial charge in [-0.25, -0.2) is 4.98 Å². The highest BCUT2D eigenvalue weighted by molar-refractivity contribution is 6.02. The third-order valence-electron chi connectivity index (χ3n) is 8.49. The molecule has 12 heteroatoms. The zero-order valence-corrected chi connectivity index (χ0v) is 26.4. The molecule has 1 amide bonds. The van der Waals surface area contributed by atoms with Crippen LogP contribution >= 0.6 is 0 Å². The lowest BCUT2D eigenvalue weighted by Crippen LogP contribution is -2.44. The van der Waals surface area contributed by atoms with Gasteiger partial charge in [0.2, 0.25) is 11.9 Å². The highest BCUT2D eigenvalue weighted by Gasteiger charge is 2.19. The number of carbonyl (C=O) groups is 1. The van der Waals surface area contributed by atoms with Gasteiger partial charge in [0.1, 0.15) is 0 Å². The second kappa shape index (κ2) is 13.5. The maximum absolute atomic E-state index is 12.1. The van der Waals surface area contributed by atoms with E-state index in [1.807, 2.05) is 48.5 Å². The van der Waals surface area contributed by atoms with Crippen LogP contribution < -0.4 is 25.8 Å². The third kappa shape index (κ3) is 6.88. The second-order valence-electron chi connectivity index (χ2n) is 11.7. The molecule has 3 aromatic carbocycles. The zero-order chi connectivity index (χ0) is 32.2. The van der Waals surface area contributed by atoms with Crippen LogP contribution in [0.4, 0.5) is 40.2 Å². The van der Waals surface area contributed by atoms with E-state index in [2.05, 4.69) is 78.7 Å². The van der Waals surface area contributed by atoms with Gasteiger partial charge in [-0.15, -0.1) is 0 Å². The molecule has 4 heterocycles. The van der Waals surface area contributed by atoms with E-state index in [1.165, 1.54) is 6.08 Å². The van der Waals surface area contributed by atoms with Crippen molar-refractivity contribution in [1.29, 1.82) is 0 Å². The Hall–Kier alpha value is -5.46. The van der Waals surface area contributed by atoms with Crippen LogP contribution in [0.1, 0.15) is 0 Å². The fraction of sp³-hybridized carbons (Fsp3) is 0.257. The maximum atomic E-state index is 12.1. The van der Waals surface area contributed by atoms with Crippen molar-refractivity contribution in [3.05, 3.63) is 85.5 Å². The summed E-state index contributed by atoms with van der Waals surface area (Å²) in [7, 11) is 2.15. The Kier molecular flexibility index (Phi) is 8.67. The third-order valence-corrected chi connectivity index (χ3v) is 8.49. The van der Waals surface area contributed by atoms with Crippen LogP contribution in [0, 0.1) is 0 Å². The lowest BCUT2D eigenvalue weighted by atomic mass is 10.1. The van der Waals surface area contributed by atoms with Gasteiger partial charge in [-0.3, -0.25) is 9.89 Å². The molecule has 2 aromatic heterocycles. The first-order valence-corrected chi connectivity index (χ1v) is 15.8. The lowest BCUT2D eigenvalue weighted by Gasteiger charge is -2.34. The number of nitrogens with zero attached hydrogens (tertiary/aromatic N) is 6. The van der Waals surface area contributed by atoms with E-state index in [1.54, 1.807) is 0 Å². The first kappa shape index (κ1) is 30.2. The number of anilines is 7. The average molecular weight is 631 g/mol. The molecular weight excluding hydrogens is 592 g/mol. The summed E-state index contributed by atoms with van der Waals surface area (Å²) in [4.78, 5) is 29.0. The van der Waals surface area contributed by atoms with Crippen molar-refractivity contribution >= 4 is 57.1 Å². The predicted octanol–water partition coefficient (Wildman–Crippen LogP) is 5.22. The maximum Gasteiger partial charge on any atom is 0.247 e. The Morgan fingerprint density at radius 3 is 2.36 bits per heavy atom. The van der Waals surface area contributed by atoms with Gasteiger partial charge < -0.3 is 35.4 Å². The minimum Gasteiger partial charge on any atom is -0.378 e. The van der Waals surface area contributed by atoms with E-state index in [9.17, 15) is 4.79 Å². The molecule has 5 aromatic rings. The number of aromatic amines is 1. The molecule has 2 saturated heterocycles. The number of piperazine rings is 1. The molecule has 2 fully saturated rings. The van der Waals surface area contributed by atoms with Crippen LogP contribution in [-0.4, -0.2) is 90.5 Å². The van der Waals surface area contributed by atoms with E-state index in [4.69, 9.17) is 14.7 Å². The van der Waals surface area contributed by atoms with E-state index in [-0.39, 0.29) is 5.91 Å². The number of fused-ring (bicyclic) bond motifs is 1. The smallest absolute Gasteiger partial charge is 0.247 e. The number of benzene rings is 3. The van der Waals surface area contributed by atoms with Crippen LogP contribution in [0.15, 0.2) is 85.5 Å². The molecule has 0 unspecified atom stereocenters. The van der Waals surface area contributed by atoms with E-state index >= 15 is 0 Å². The molecule has 0 spiro atoms. The molecule has 0 atom stereocenters. The number of H-pyrrole nitrogens is 1. The summed E-state index contributed by atoms with van der Waals surface area (Å²) in [5, 5.41) is 18.2. The van der Waals surface area contributed by atoms with Crippen molar-refractivity contribution in [2.45, 2.75) is 0 Å². The molecule has 2 aliphatic rings. The first-order valence-electron chi connectivity index (χ1n) is 15.8. The van der Waals surface area contributed by atoms with Crippen LogP contribution in [0.3, 0.4) is 0 Å². The standard InChI is InChI=1S/C35H38N10O2/c1-3-30(46)36-26-7-4-6-24(22-26)32-31-33(37-25-10-12-28(13-11-25)45-18-20-47-21-19-45)41-42-34(31)40-35(39-32)38-27-8-5-9-29(23-27)44-16-14-43(2)15-17-44/h3-13,22-23H,1,14-21H2,2H3,(H,36,46)(H3,37,38,39,40,41,42). The van der Waals surface area contributed by atoms with Gasteiger partial charge in [0.25, 0.3) is 0 Å². The topological polar surface area (TPSA) is 127 Å². The molecule has 0 radical (unpaired) electrons. The largest absolute Gasteiger partial charge is 0.378 e. The van der Waals surface area contributed by atoms with Crippen molar-refractivity contribution < 1.29 is 9.53 Å². The van der Waals surface area contributed by atoms with E-state index in [0.29, 0.717) is 28.8 Å². The van der Waals surface area contributed by atoms with Crippen molar-refractivity contribution in [3.63, 3.8) is 0 Å². The van der Waals surface area contributed by atoms with Gasteiger partial charge in [-0.2, -0.15) is 10.1 Å². The van der Waals surface area contributed by atoms with Crippen LogP contribution in [0.2, 0.25) is 0 Å². The molecule has 47 heavy (non-hydrogen) atoms. The van der Waals surface area contributed by atoms with Crippen molar-refractivity contribution in [2.75, 3.05) is 85.3 Å². The summed E-state index contributed by atoms with van der Waals surface area (Å²) in [5.41, 5.74) is 6.73. The van der Waals surface area contributed by atoms with Crippen molar-refractivity contribution in [2.24, 2.45) is 0 Å². The Morgan fingerprint density at radius 1 is 0.830 bits per heavy atom. The van der Waals surface area contributed by atoms with Crippen molar-refractivity contribution in [1.82, 2.24) is 25.1 Å². The highest BCUT2D eigenvalue weighted by atomic mass is 16.5. The van der Waals surface area contributed by atoms with Gasteiger partial charge in [0.15, 0.2) is 11.5 Å². The number of nitrogens with one attached hydrogen (secondary N) is 4. The molecule has 7 rings (SSSR count). The number of rotatable bonds is 9. The van der Waals surface area contributed by atoms with E-state index in [0.717, 1.165) is 86.2 Å². The van der Waals surface area contributed by atoms with Gasteiger partial charge >= 0.3 is 0 Å². The zero-order valence-electron chi connectivity index (χ0n) is 26.4. The number of hydrogen-bond donors (Lipinski definition) is 4.